The molecule has 0 saturated carbocycles. The van der Waals surface area contributed by atoms with Crippen molar-refractivity contribution in [2.45, 2.75) is 38.5 Å². The van der Waals surface area contributed by atoms with Gasteiger partial charge in [-0.1, -0.05) is 87.5 Å². The second-order valence-electron chi connectivity index (χ2n) is 13.4. The van der Waals surface area contributed by atoms with Crippen molar-refractivity contribution in [2.75, 3.05) is 0 Å². The summed E-state index contributed by atoms with van der Waals surface area (Å²) in [7, 11) is 0. The molecule has 1 unspecified atom stereocenters. The highest BCUT2D eigenvalue weighted by Crippen LogP contribution is 2.48. The Morgan fingerprint density at radius 1 is 0.729 bits per heavy atom. The zero-order valence-electron chi connectivity index (χ0n) is 27.2. The van der Waals surface area contributed by atoms with Crippen LogP contribution in [0.5, 0.6) is 0 Å². The summed E-state index contributed by atoms with van der Waals surface area (Å²) in [5.41, 5.74) is 11.0. The van der Waals surface area contributed by atoms with E-state index in [1.807, 2.05) is 60.1 Å². The molecule has 0 aliphatic heterocycles. The average molecular weight is 639 g/mol. The topological polar surface area (TPSA) is 43.6 Å². The smallest absolute Gasteiger partial charge is 0.0915 e. The fourth-order valence-corrected chi connectivity index (χ4v) is 8.89. The summed E-state index contributed by atoms with van der Waals surface area (Å²) < 4.78 is 3.76. The molecule has 0 saturated heterocycles. The van der Waals surface area contributed by atoms with E-state index in [1.165, 1.54) is 47.9 Å². The molecular formula is C43H34N4S. The third kappa shape index (κ3) is 4.53. The molecule has 3 aromatic carbocycles. The van der Waals surface area contributed by atoms with E-state index in [2.05, 4.69) is 110 Å². The third-order valence-corrected chi connectivity index (χ3v) is 11.1. The Balaban J connectivity index is 1.41. The molecule has 0 fully saturated rings. The summed E-state index contributed by atoms with van der Waals surface area (Å²) in [6, 6.07) is 38.8. The van der Waals surface area contributed by atoms with Crippen molar-refractivity contribution in [1.82, 2.24) is 19.5 Å². The molecule has 48 heavy (non-hydrogen) atoms. The van der Waals surface area contributed by atoms with Gasteiger partial charge in [-0.2, -0.15) is 0 Å². The lowest BCUT2D eigenvalue weighted by molar-refractivity contribution is 0.528. The van der Waals surface area contributed by atoms with Crippen molar-refractivity contribution in [3.63, 3.8) is 0 Å². The number of thiophene rings is 1. The highest BCUT2D eigenvalue weighted by molar-refractivity contribution is 7.20. The molecule has 232 valence electrons. The van der Waals surface area contributed by atoms with Crippen LogP contribution in [0.25, 0.3) is 66.4 Å². The minimum absolute atomic E-state index is 0.0380. The predicted octanol–water partition coefficient (Wildman–Crippen LogP) is 11.4. The van der Waals surface area contributed by atoms with Gasteiger partial charge in [0.25, 0.3) is 0 Å². The molecule has 0 amide bonds. The fraction of sp³-hybridized carbons (Fsp3) is 0.140. The maximum absolute atomic E-state index is 5.10. The van der Waals surface area contributed by atoms with Gasteiger partial charge in [-0.3, -0.25) is 9.97 Å². The van der Waals surface area contributed by atoms with Crippen LogP contribution < -0.4 is 0 Å². The monoisotopic (exact) mass is 638 g/mol. The molecular weight excluding hydrogens is 605 g/mol. The van der Waals surface area contributed by atoms with E-state index >= 15 is 0 Å². The van der Waals surface area contributed by atoms with E-state index in [9.17, 15) is 0 Å². The van der Waals surface area contributed by atoms with Crippen LogP contribution in [0.2, 0.25) is 0 Å². The molecule has 1 aliphatic rings. The maximum atomic E-state index is 5.10. The van der Waals surface area contributed by atoms with Gasteiger partial charge in [-0.05, 0) is 83.1 Å². The van der Waals surface area contributed by atoms with Crippen molar-refractivity contribution in [3.8, 4) is 28.5 Å². The Bertz CT molecular complexity index is 2460. The quantitative estimate of drug-likeness (QED) is 0.193. The second-order valence-corrected chi connectivity index (χ2v) is 14.5. The van der Waals surface area contributed by atoms with Crippen molar-refractivity contribution in [1.29, 1.82) is 0 Å². The first kappa shape index (κ1) is 28.8. The number of pyridine rings is 3. The molecule has 0 N–H and O–H groups in total. The van der Waals surface area contributed by atoms with Crippen LogP contribution in [-0.4, -0.2) is 19.5 Å². The minimum atomic E-state index is 0.0380. The van der Waals surface area contributed by atoms with Crippen LogP contribution in [0, 0.1) is 0 Å². The van der Waals surface area contributed by atoms with Gasteiger partial charge in [0.2, 0.25) is 0 Å². The average Bonchev–Trinajstić information content (AvgIpc) is 3.68. The lowest BCUT2D eigenvalue weighted by Crippen LogP contribution is -2.19. The van der Waals surface area contributed by atoms with Crippen LogP contribution in [0.15, 0.2) is 128 Å². The standard InChI is InChI=1S/C43H34N4S/c1-27-29-13-4-6-15-32(29)43(2,3)22-12-19-38-40(27)41-39(48-38)21-20-31-30-14-5-7-18-37(30)47(42(31)41)28-25-35(33-16-8-10-23-44-33)46-36(26-28)34-17-9-11-24-45-34/h4-21,23-27H,22H2,1-3H3/b19-12-. The summed E-state index contributed by atoms with van der Waals surface area (Å²) in [6.07, 6.45) is 9.41. The first-order chi connectivity index (χ1) is 23.5. The van der Waals surface area contributed by atoms with Crippen LogP contribution in [0.3, 0.4) is 0 Å². The molecule has 0 bridgehead atoms. The van der Waals surface area contributed by atoms with Crippen molar-refractivity contribution in [3.05, 3.63) is 149 Å². The van der Waals surface area contributed by atoms with Crippen molar-refractivity contribution >= 4 is 49.3 Å². The SMILES string of the molecule is CC1c2ccccc2C(C)(C)C/C=C\c2sc3ccc4c5ccccc5n(-c5cc(-c6ccccn6)nc(-c6ccccn6)c5)c4c3c21. The number of fused-ring (bicyclic) bond motifs is 8. The molecule has 5 aromatic heterocycles. The summed E-state index contributed by atoms with van der Waals surface area (Å²) in [5.74, 6) is 0.203. The Morgan fingerprint density at radius 3 is 2.15 bits per heavy atom. The van der Waals surface area contributed by atoms with Gasteiger partial charge >= 0.3 is 0 Å². The lowest BCUT2D eigenvalue weighted by Gasteiger charge is -2.28. The highest BCUT2D eigenvalue weighted by Gasteiger charge is 2.30. The van der Waals surface area contributed by atoms with Crippen LogP contribution in [0.4, 0.5) is 0 Å². The molecule has 5 heterocycles. The molecule has 5 heteroatoms. The van der Waals surface area contributed by atoms with E-state index in [4.69, 9.17) is 15.0 Å². The van der Waals surface area contributed by atoms with Gasteiger partial charge in [0.1, 0.15) is 0 Å². The van der Waals surface area contributed by atoms with E-state index in [0.717, 1.165) is 40.4 Å². The van der Waals surface area contributed by atoms with Crippen LogP contribution in [0.1, 0.15) is 54.7 Å². The van der Waals surface area contributed by atoms with Crippen LogP contribution in [-0.2, 0) is 5.41 Å². The maximum Gasteiger partial charge on any atom is 0.0915 e. The second kappa shape index (κ2) is 11.1. The molecule has 1 atom stereocenters. The van der Waals surface area contributed by atoms with Gasteiger partial charge in [0, 0.05) is 44.0 Å². The molecule has 8 aromatic rings. The highest BCUT2D eigenvalue weighted by atomic mass is 32.1. The van der Waals surface area contributed by atoms with Gasteiger partial charge < -0.3 is 4.57 Å². The normalized spacial score (nSPS) is 16.3. The van der Waals surface area contributed by atoms with Gasteiger partial charge in [-0.15, -0.1) is 11.3 Å². The number of rotatable bonds is 3. The van der Waals surface area contributed by atoms with E-state index in [-0.39, 0.29) is 11.3 Å². The largest absolute Gasteiger partial charge is 0.308 e. The third-order valence-electron chi connectivity index (χ3n) is 9.96. The Morgan fingerprint density at radius 2 is 1.42 bits per heavy atom. The molecule has 9 rings (SSSR count). The summed E-state index contributed by atoms with van der Waals surface area (Å²) >= 11 is 1.91. The van der Waals surface area contributed by atoms with Crippen molar-refractivity contribution < 1.29 is 0 Å². The number of benzene rings is 3. The first-order valence-electron chi connectivity index (χ1n) is 16.6. The van der Waals surface area contributed by atoms with Crippen molar-refractivity contribution in [2.24, 2.45) is 0 Å². The predicted molar refractivity (Wildman–Crippen MR) is 201 cm³/mol. The zero-order valence-corrected chi connectivity index (χ0v) is 28.0. The van der Waals surface area contributed by atoms with Gasteiger partial charge in [0.05, 0.1) is 39.5 Å². The summed E-state index contributed by atoms with van der Waals surface area (Å²) in [4.78, 5) is 15.9. The molecule has 4 nitrogen and oxygen atoms in total. The summed E-state index contributed by atoms with van der Waals surface area (Å²) in [5, 5.41) is 3.81. The Labute approximate surface area is 284 Å². The first-order valence-corrected chi connectivity index (χ1v) is 17.4. The number of hydrogen-bond donors (Lipinski definition) is 0. The molecule has 1 aliphatic carbocycles. The Kier molecular flexibility index (Phi) is 6.66. The molecule has 0 radical (unpaired) electrons. The van der Waals surface area contributed by atoms with E-state index in [0.29, 0.717) is 0 Å². The number of para-hydroxylation sites is 1. The number of hydrogen-bond acceptors (Lipinski definition) is 4. The van der Waals surface area contributed by atoms with E-state index < -0.39 is 0 Å². The molecule has 0 spiro atoms. The Hall–Kier alpha value is -5.39. The van der Waals surface area contributed by atoms with E-state index in [1.54, 1.807) is 0 Å². The van der Waals surface area contributed by atoms with Crippen LogP contribution >= 0.6 is 11.3 Å². The fourth-order valence-electron chi connectivity index (χ4n) is 7.66. The van der Waals surface area contributed by atoms with Gasteiger partial charge in [-0.25, -0.2) is 4.98 Å². The van der Waals surface area contributed by atoms with Gasteiger partial charge in [0.15, 0.2) is 0 Å². The number of allylic oxidation sites excluding steroid dienone is 1. The number of aromatic nitrogens is 4. The summed E-state index contributed by atoms with van der Waals surface area (Å²) in [6.45, 7) is 7.15. The number of nitrogens with zero attached hydrogens (tertiary/aromatic N) is 4. The lowest BCUT2D eigenvalue weighted by atomic mass is 9.76. The zero-order chi connectivity index (χ0) is 32.4. The minimum Gasteiger partial charge on any atom is -0.308 e.